The van der Waals surface area contributed by atoms with E-state index in [4.69, 9.17) is 4.42 Å². The molecule has 5 heteroatoms. The number of hydrogen-bond donors (Lipinski definition) is 1. The molecule has 0 radical (unpaired) electrons. The number of aryl methyl sites for hydroxylation is 2. The van der Waals surface area contributed by atoms with E-state index in [0.717, 1.165) is 29.4 Å². The molecule has 136 valence electrons. The van der Waals surface area contributed by atoms with Crippen LogP contribution in [0.4, 0.5) is 0 Å². The van der Waals surface area contributed by atoms with Crippen LogP contribution in [0.5, 0.6) is 0 Å². The Morgan fingerprint density at radius 1 is 1.31 bits per heavy atom. The third-order valence-electron chi connectivity index (χ3n) is 5.21. The molecule has 1 atom stereocenters. The number of likely N-dealkylation sites (N-methyl/N-ethyl adjacent to an activating group) is 1. The van der Waals surface area contributed by atoms with Gasteiger partial charge in [-0.2, -0.15) is 0 Å². The van der Waals surface area contributed by atoms with Gasteiger partial charge in [0.05, 0.1) is 18.7 Å². The molecule has 0 fully saturated rings. The standard InChI is InChI=1S/C21H24N2O2S/c1-23(2)18(20-7-4-8-26-20)12-22-21(24)11-16-13-25-19-10-15-6-3-5-14(15)9-17(16)19/h4,7-10,13,18H,3,5-6,11-12H2,1-2H3,(H,22,24). The first-order valence-electron chi connectivity index (χ1n) is 9.10. The van der Waals surface area contributed by atoms with Gasteiger partial charge in [0.15, 0.2) is 0 Å². The maximum absolute atomic E-state index is 12.5. The van der Waals surface area contributed by atoms with Crippen molar-refractivity contribution >= 4 is 28.2 Å². The van der Waals surface area contributed by atoms with Crippen LogP contribution in [-0.4, -0.2) is 31.4 Å². The Labute approximate surface area is 157 Å². The first-order valence-corrected chi connectivity index (χ1v) is 9.98. The first kappa shape index (κ1) is 17.3. The Morgan fingerprint density at radius 2 is 2.12 bits per heavy atom. The first-order chi connectivity index (χ1) is 12.6. The molecule has 3 aromatic rings. The van der Waals surface area contributed by atoms with Crippen molar-refractivity contribution in [1.82, 2.24) is 10.2 Å². The quantitative estimate of drug-likeness (QED) is 0.717. The normalized spacial score (nSPS) is 14.7. The summed E-state index contributed by atoms with van der Waals surface area (Å²) in [5.74, 6) is 0.0385. The van der Waals surface area contributed by atoms with E-state index >= 15 is 0 Å². The number of fused-ring (bicyclic) bond motifs is 2. The lowest BCUT2D eigenvalue weighted by Gasteiger charge is -2.23. The van der Waals surface area contributed by atoms with Gasteiger partial charge in [-0.25, -0.2) is 0 Å². The summed E-state index contributed by atoms with van der Waals surface area (Å²) in [5, 5.41) is 6.25. The van der Waals surface area contributed by atoms with Gasteiger partial charge in [0.1, 0.15) is 5.58 Å². The van der Waals surface area contributed by atoms with Crippen molar-refractivity contribution in [2.24, 2.45) is 0 Å². The fourth-order valence-electron chi connectivity index (χ4n) is 3.75. The maximum Gasteiger partial charge on any atom is 0.224 e. The van der Waals surface area contributed by atoms with Gasteiger partial charge in [-0.15, -0.1) is 11.3 Å². The summed E-state index contributed by atoms with van der Waals surface area (Å²) in [4.78, 5) is 15.9. The number of benzene rings is 1. The molecule has 0 bridgehead atoms. The zero-order valence-corrected chi connectivity index (χ0v) is 16.1. The van der Waals surface area contributed by atoms with Crippen LogP contribution in [0.15, 0.2) is 40.3 Å². The summed E-state index contributed by atoms with van der Waals surface area (Å²) in [6, 6.07) is 8.74. The molecule has 0 saturated carbocycles. The van der Waals surface area contributed by atoms with Gasteiger partial charge in [-0.1, -0.05) is 6.07 Å². The van der Waals surface area contributed by atoms with Gasteiger partial charge in [0.25, 0.3) is 0 Å². The average molecular weight is 369 g/mol. The van der Waals surface area contributed by atoms with Crippen molar-refractivity contribution in [2.75, 3.05) is 20.6 Å². The lowest BCUT2D eigenvalue weighted by molar-refractivity contribution is -0.120. The Bertz CT molecular complexity index is 912. The predicted octanol–water partition coefficient (Wildman–Crippen LogP) is 3.94. The van der Waals surface area contributed by atoms with E-state index in [1.807, 2.05) is 20.2 Å². The molecule has 0 saturated heterocycles. The molecule has 26 heavy (non-hydrogen) atoms. The average Bonchev–Trinajstić information content (AvgIpc) is 3.34. The highest BCUT2D eigenvalue weighted by Gasteiger charge is 2.19. The summed E-state index contributed by atoms with van der Waals surface area (Å²) in [7, 11) is 4.08. The predicted molar refractivity (Wildman–Crippen MR) is 106 cm³/mol. The molecular weight excluding hydrogens is 344 g/mol. The zero-order valence-electron chi connectivity index (χ0n) is 15.2. The molecule has 1 aliphatic rings. The molecular formula is C21H24N2O2S. The number of hydrogen-bond acceptors (Lipinski definition) is 4. The number of nitrogens with one attached hydrogen (secondary N) is 1. The van der Waals surface area contributed by atoms with E-state index in [1.54, 1.807) is 17.6 Å². The number of nitrogens with zero attached hydrogens (tertiary/aromatic N) is 1. The monoisotopic (exact) mass is 368 g/mol. The largest absolute Gasteiger partial charge is 0.464 e. The van der Waals surface area contributed by atoms with Crippen LogP contribution in [0.3, 0.4) is 0 Å². The SMILES string of the molecule is CN(C)C(CNC(=O)Cc1coc2cc3c(cc12)CCC3)c1cccs1. The van der Waals surface area contributed by atoms with Crippen molar-refractivity contribution < 1.29 is 9.21 Å². The third-order valence-corrected chi connectivity index (χ3v) is 6.18. The fourth-order valence-corrected chi connectivity index (χ4v) is 4.67. The van der Waals surface area contributed by atoms with Gasteiger partial charge in [-0.3, -0.25) is 4.79 Å². The summed E-state index contributed by atoms with van der Waals surface area (Å²) in [6.45, 7) is 0.609. The lowest BCUT2D eigenvalue weighted by Crippen LogP contribution is -2.34. The van der Waals surface area contributed by atoms with Crippen LogP contribution in [0.25, 0.3) is 11.0 Å². The molecule has 0 aliphatic heterocycles. The molecule has 0 spiro atoms. The van der Waals surface area contributed by atoms with Gasteiger partial charge >= 0.3 is 0 Å². The number of carbonyl (C=O) groups excluding carboxylic acids is 1. The molecule has 4 rings (SSSR count). The second-order valence-electron chi connectivity index (χ2n) is 7.21. The van der Waals surface area contributed by atoms with Crippen molar-refractivity contribution in [3.63, 3.8) is 0 Å². The second-order valence-corrected chi connectivity index (χ2v) is 8.19. The fraction of sp³-hybridized carbons (Fsp3) is 0.381. The van der Waals surface area contributed by atoms with Crippen molar-refractivity contribution in [3.05, 3.63) is 57.5 Å². The van der Waals surface area contributed by atoms with Crippen molar-refractivity contribution in [1.29, 1.82) is 0 Å². The number of rotatable bonds is 6. The Kier molecular flexibility index (Phi) is 4.83. The van der Waals surface area contributed by atoms with Crippen LogP contribution in [-0.2, 0) is 24.1 Å². The highest BCUT2D eigenvalue weighted by atomic mass is 32.1. The topological polar surface area (TPSA) is 45.5 Å². The van der Waals surface area contributed by atoms with E-state index in [-0.39, 0.29) is 11.9 Å². The summed E-state index contributed by atoms with van der Waals surface area (Å²) >= 11 is 1.72. The molecule has 2 heterocycles. The van der Waals surface area contributed by atoms with Crippen LogP contribution in [0.2, 0.25) is 0 Å². The summed E-state index contributed by atoms with van der Waals surface area (Å²) in [5.41, 5.74) is 4.68. The number of amides is 1. The molecule has 1 aromatic carbocycles. The van der Waals surface area contributed by atoms with Crippen LogP contribution in [0, 0.1) is 0 Å². The summed E-state index contributed by atoms with van der Waals surface area (Å²) in [6.07, 6.45) is 5.58. The molecule has 2 aromatic heterocycles. The molecule has 1 amide bonds. The Morgan fingerprint density at radius 3 is 2.85 bits per heavy atom. The third kappa shape index (κ3) is 3.41. The minimum Gasteiger partial charge on any atom is -0.464 e. The Hall–Kier alpha value is -2.11. The number of carbonyl (C=O) groups is 1. The van der Waals surface area contributed by atoms with E-state index in [0.29, 0.717) is 13.0 Å². The van der Waals surface area contributed by atoms with E-state index in [2.05, 4.69) is 33.8 Å². The highest BCUT2D eigenvalue weighted by molar-refractivity contribution is 7.10. The molecule has 1 aliphatic carbocycles. The zero-order chi connectivity index (χ0) is 18.1. The minimum atomic E-state index is 0.0385. The van der Waals surface area contributed by atoms with Gasteiger partial charge < -0.3 is 14.6 Å². The van der Waals surface area contributed by atoms with Crippen molar-refractivity contribution in [2.45, 2.75) is 31.7 Å². The van der Waals surface area contributed by atoms with Gasteiger partial charge in [0.2, 0.25) is 5.91 Å². The van der Waals surface area contributed by atoms with Crippen LogP contribution >= 0.6 is 11.3 Å². The smallest absolute Gasteiger partial charge is 0.224 e. The van der Waals surface area contributed by atoms with Crippen molar-refractivity contribution in [3.8, 4) is 0 Å². The van der Waals surface area contributed by atoms with Gasteiger partial charge in [0, 0.05) is 22.4 Å². The highest BCUT2D eigenvalue weighted by Crippen LogP contribution is 2.30. The summed E-state index contributed by atoms with van der Waals surface area (Å²) < 4.78 is 5.71. The second kappa shape index (κ2) is 7.25. The van der Waals surface area contributed by atoms with Crippen LogP contribution < -0.4 is 5.32 Å². The van der Waals surface area contributed by atoms with E-state index in [9.17, 15) is 4.79 Å². The van der Waals surface area contributed by atoms with E-state index < -0.39 is 0 Å². The van der Waals surface area contributed by atoms with Crippen LogP contribution in [0.1, 0.15) is 34.0 Å². The number of furan rings is 1. The lowest BCUT2D eigenvalue weighted by atomic mass is 10.0. The molecule has 4 nitrogen and oxygen atoms in total. The van der Waals surface area contributed by atoms with E-state index in [1.165, 1.54) is 22.4 Å². The number of thiophene rings is 1. The molecule has 1 N–H and O–H groups in total. The minimum absolute atomic E-state index is 0.0385. The molecule has 1 unspecified atom stereocenters. The van der Waals surface area contributed by atoms with Gasteiger partial charge in [-0.05, 0) is 68.1 Å². The maximum atomic E-state index is 12.5. The Balaban J connectivity index is 1.44.